The fraction of sp³-hybridized carbons (Fsp3) is 0.273. The number of methoxy groups -OCH3 is 1. The van der Waals surface area contributed by atoms with Crippen molar-refractivity contribution in [3.8, 4) is 0 Å². The highest BCUT2D eigenvalue weighted by atomic mass is 32.2. The number of ether oxygens (including phenoxy) is 1. The van der Waals surface area contributed by atoms with Crippen molar-refractivity contribution in [3.05, 3.63) is 23.7 Å². The molecule has 0 aliphatic rings. The van der Waals surface area contributed by atoms with Gasteiger partial charge in [-0.3, -0.25) is 0 Å². The van der Waals surface area contributed by atoms with Crippen LogP contribution in [0.3, 0.4) is 0 Å². The van der Waals surface area contributed by atoms with Crippen LogP contribution in [0.5, 0.6) is 0 Å². The highest BCUT2D eigenvalue weighted by Crippen LogP contribution is 2.31. The molecule has 0 aromatic carbocycles. The summed E-state index contributed by atoms with van der Waals surface area (Å²) in [5.41, 5.74) is 6.55. The second kappa shape index (κ2) is 5.98. The molecule has 2 rings (SSSR count). The molecule has 0 bridgehead atoms. The van der Waals surface area contributed by atoms with Gasteiger partial charge in [0, 0.05) is 6.42 Å². The lowest BCUT2D eigenvalue weighted by Gasteiger charge is -2.04. The van der Waals surface area contributed by atoms with Crippen LogP contribution >= 0.6 is 23.3 Å². The van der Waals surface area contributed by atoms with Gasteiger partial charge in [-0.15, -0.1) is 0 Å². The second-order valence-corrected chi connectivity index (χ2v) is 5.50. The summed E-state index contributed by atoms with van der Waals surface area (Å²) in [5, 5.41) is 0.529. The van der Waals surface area contributed by atoms with Crippen molar-refractivity contribution in [2.45, 2.75) is 22.7 Å². The molecule has 0 unspecified atom stereocenters. The van der Waals surface area contributed by atoms with E-state index >= 15 is 0 Å². The number of hydrogen-bond acceptors (Lipinski definition) is 8. The van der Waals surface area contributed by atoms with Crippen molar-refractivity contribution >= 4 is 35.0 Å². The number of nitrogen functional groups attached to an aromatic ring is 1. The zero-order valence-electron chi connectivity index (χ0n) is 10.4. The maximum atomic E-state index is 11.4. The Labute approximate surface area is 118 Å². The third kappa shape index (κ3) is 3.21. The first-order chi connectivity index (χ1) is 9.13. The molecule has 2 N–H and O–H groups in total. The molecule has 0 aliphatic carbocycles. The first-order valence-corrected chi connectivity index (χ1v) is 7.08. The molecule has 0 atom stereocenters. The van der Waals surface area contributed by atoms with E-state index in [0.29, 0.717) is 10.7 Å². The van der Waals surface area contributed by atoms with Crippen molar-refractivity contribution in [2.75, 3.05) is 12.8 Å². The second-order valence-electron chi connectivity index (χ2n) is 3.51. The number of hydrogen-bond donors (Lipinski definition) is 1. The van der Waals surface area contributed by atoms with Crippen LogP contribution in [0.1, 0.15) is 23.2 Å². The fourth-order valence-electron chi connectivity index (χ4n) is 1.26. The summed E-state index contributed by atoms with van der Waals surface area (Å²) in [6.07, 6.45) is 0.780. The van der Waals surface area contributed by atoms with Crippen molar-refractivity contribution in [3.63, 3.8) is 0 Å². The van der Waals surface area contributed by atoms with Gasteiger partial charge in [0.15, 0.2) is 4.34 Å². The van der Waals surface area contributed by atoms with Gasteiger partial charge in [0.25, 0.3) is 0 Å². The number of nitrogens with two attached hydrogens (primary N) is 1. The van der Waals surface area contributed by atoms with Crippen LogP contribution in [0.4, 0.5) is 5.69 Å². The molecule has 0 spiro atoms. The van der Waals surface area contributed by atoms with E-state index in [0.717, 1.165) is 16.6 Å². The average Bonchev–Trinajstić information content (AvgIpc) is 2.88. The molecule has 6 nitrogen and oxygen atoms in total. The van der Waals surface area contributed by atoms with Gasteiger partial charge in [-0.25, -0.2) is 14.8 Å². The van der Waals surface area contributed by atoms with E-state index in [9.17, 15) is 4.79 Å². The summed E-state index contributed by atoms with van der Waals surface area (Å²) in [4.78, 5) is 19.9. The van der Waals surface area contributed by atoms with Crippen molar-refractivity contribution in [2.24, 2.45) is 0 Å². The van der Waals surface area contributed by atoms with Gasteiger partial charge >= 0.3 is 5.97 Å². The van der Waals surface area contributed by atoms with Gasteiger partial charge in [0.05, 0.1) is 12.8 Å². The summed E-state index contributed by atoms with van der Waals surface area (Å²) >= 11 is 2.58. The Bertz CT molecular complexity index is 600. The fourth-order valence-corrected chi connectivity index (χ4v) is 2.90. The number of carbonyl (C=O) groups is 1. The number of nitrogens with zero attached hydrogens (tertiary/aromatic N) is 3. The standard InChI is InChI=1S/C11H12N4O2S2/c1-3-8-14-11(19-15-8)18-9-6(12)4-5-7(13-9)10(16)17-2/h4-5H,3,12H2,1-2H3. The van der Waals surface area contributed by atoms with E-state index in [4.69, 9.17) is 5.73 Å². The van der Waals surface area contributed by atoms with E-state index in [1.165, 1.54) is 36.5 Å². The Balaban J connectivity index is 2.25. The Kier molecular flexibility index (Phi) is 4.33. The number of esters is 1. The predicted molar refractivity (Wildman–Crippen MR) is 73.4 cm³/mol. The van der Waals surface area contributed by atoms with Gasteiger partial charge in [-0.1, -0.05) is 6.92 Å². The number of aromatic nitrogens is 3. The van der Waals surface area contributed by atoms with Gasteiger partial charge in [-0.05, 0) is 35.4 Å². The normalized spacial score (nSPS) is 10.4. The van der Waals surface area contributed by atoms with E-state index in [1.54, 1.807) is 6.07 Å². The van der Waals surface area contributed by atoms with Crippen LogP contribution < -0.4 is 5.73 Å². The Morgan fingerprint density at radius 1 is 1.47 bits per heavy atom. The third-order valence-corrected chi connectivity index (χ3v) is 4.04. The first-order valence-electron chi connectivity index (χ1n) is 5.49. The molecule has 8 heteroatoms. The number of rotatable bonds is 4. The molecule has 19 heavy (non-hydrogen) atoms. The maximum Gasteiger partial charge on any atom is 0.356 e. The molecule has 2 aromatic heterocycles. The minimum Gasteiger partial charge on any atom is -0.464 e. The monoisotopic (exact) mass is 296 g/mol. The van der Waals surface area contributed by atoms with Crippen LogP contribution in [0, 0.1) is 0 Å². The van der Waals surface area contributed by atoms with Crippen LogP contribution in [-0.4, -0.2) is 27.4 Å². The number of carbonyl (C=O) groups excluding carboxylic acids is 1. The number of anilines is 1. The number of pyridine rings is 1. The predicted octanol–water partition coefficient (Wildman–Crippen LogP) is 2.02. The maximum absolute atomic E-state index is 11.4. The lowest BCUT2D eigenvalue weighted by Crippen LogP contribution is -2.05. The molecule has 0 amide bonds. The minimum atomic E-state index is -0.492. The average molecular weight is 296 g/mol. The van der Waals surface area contributed by atoms with Crippen molar-refractivity contribution in [1.82, 2.24) is 14.3 Å². The largest absolute Gasteiger partial charge is 0.464 e. The molecule has 0 saturated carbocycles. The topological polar surface area (TPSA) is 91.0 Å². The molecule has 0 radical (unpaired) electrons. The highest BCUT2D eigenvalue weighted by Gasteiger charge is 2.13. The van der Waals surface area contributed by atoms with E-state index < -0.39 is 5.97 Å². The highest BCUT2D eigenvalue weighted by molar-refractivity contribution is 8.01. The Morgan fingerprint density at radius 3 is 2.89 bits per heavy atom. The van der Waals surface area contributed by atoms with E-state index in [1.807, 2.05) is 6.92 Å². The third-order valence-electron chi connectivity index (χ3n) is 2.23. The van der Waals surface area contributed by atoms with Gasteiger partial charge in [0.2, 0.25) is 0 Å². The smallest absolute Gasteiger partial charge is 0.356 e. The molecule has 0 fully saturated rings. The quantitative estimate of drug-likeness (QED) is 0.863. The zero-order chi connectivity index (χ0) is 13.8. The van der Waals surface area contributed by atoms with E-state index in [-0.39, 0.29) is 5.69 Å². The van der Waals surface area contributed by atoms with Crippen molar-refractivity contribution in [1.29, 1.82) is 0 Å². The van der Waals surface area contributed by atoms with Gasteiger partial charge in [0.1, 0.15) is 16.5 Å². The zero-order valence-corrected chi connectivity index (χ0v) is 12.0. The summed E-state index contributed by atoms with van der Waals surface area (Å²) in [5.74, 6) is 0.295. The van der Waals surface area contributed by atoms with Crippen LogP contribution in [0.2, 0.25) is 0 Å². The van der Waals surface area contributed by atoms with Gasteiger partial charge in [-0.2, -0.15) is 4.37 Å². The van der Waals surface area contributed by atoms with Crippen LogP contribution in [0.15, 0.2) is 21.5 Å². The van der Waals surface area contributed by atoms with Crippen LogP contribution in [0.25, 0.3) is 0 Å². The van der Waals surface area contributed by atoms with Crippen molar-refractivity contribution < 1.29 is 9.53 Å². The molecule has 2 aromatic rings. The summed E-state index contributed by atoms with van der Waals surface area (Å²) in [6.45, 7) is 1.99. The lowest BCUT2D eigenvalue weighted by molar-refractivity contribution is 0.0593. The minimum absolute atomic E-state index is 0.222. The van der Waals surface area contributed by atoms with Crippen LogP contribution in [-0.2, 0) is 11.2 Å². The lowest BCUT2D eigenvalue weighted by atomic mass is 10.3. The van der Waals surface area contributed by atoms with Gasteiger partial charge < -0.3 is 10.5 Å². The summed E-state index contributed by atoms with van der Waals surface area (Å²) in [7, 11) is 1.31. The summed E-state index contributed by atoms with van der Waals surface area (Å²) in [6, 6.07) is 3.16. The van der Waals surface area contributed by atoms with E-state index in [2.05, 4.69) is 19.1 Å². The first kappa shape index (κ1) is 13.8. The molecule has 2 heterocycles. The Hall–Kier alpha value is -1.67. The SMILES string of the molecule is CCc1nsc(Sc2nc(C(=O)OC)ccc2N)n1. The molecule has 0 aliphatic heterocycles. The molecule has 0 saturated heterocycles. The molecule has 100 valence electrons. The Morgan fingerprint density at radius 2 is 2.26 bits per heavy atom. The molecular weight excluding hydrogens is 284 g/mol. The summed E-state index contributed by atoms with van der Waals surface area (Å²) < 4.78 is 9.56. The molecular formula is C11H12N4O2S2. The number of aryl methyl sites for hydroxylation is 1.